The number of nitrogens with zero attached hydrogens (tertiary/aromatic N) is 1. The molecule has 0 amide bonds. The summed E-state index contributed by atoms with van der Waals surface area (Å²) in [4.78, 5) is 1.73. The Morgan fingerprint density at radius 3 is 2.53 bits per heavy atom. The smallest absolute Gasteiger partial charge is 0.174 e. The number of fused-ring (bicyclic) bond motifs is 1. The molecule has 102 valence electrons. The average molecular weight is 337 g/mol. The van der Waals surface area contributed by atoms with Crippen LogP contribution in [0, 0.1) is 0 Å². The van der Waals surface area contributed by atoms with Crippen molar-refractivity contribution in [2.45, 2.75) is 12.1 Å². The van der Waals surface area contributed by atoms with Crippen molar-refractivity contribution in [1.29, 1.82) is 0 Å². The highest BCUT2D eigenvalue weighted by atomic mass is 35.5. The Hall–Kier alpha value is -0.560. The molecule has 2 fully saturated rings. The lowest BCUT2D eigenvalue weighted by molar-refractivity contribution is 0.600. The molecule has 2 aliphatic rings. The lowest BCUT2D eigenvalue weighted by Crippen LogP contribution is -2.37. The second kappa shape index (κ2) is 4.48. The quantitative estimate of drug-likeness (QED) is 0.793. The number of nitrogens with one attached hydrogen (secondary N) is 1. The molecule has 2 unspecified atom stereocenters. The monoisotopic (exact) mass is 336 g/mol. The Labute approximate surface area is 126 Å². The Morgan fingerprint density at radius 2 is 1.89 bits per heavy atom. The lowest BCUT2D eigenvalue weighted by Gasteiger charge is -2.25. The molecule has 19 heavy (non-hydrogen) atoms. The fourth-order valence-electron chi connectivity index (χ4n) is 2.59. The van der Waals surface area contributed by atoms with Gasteiger partial charge in [0.05, 0.1) is 39.3 Å². The van der Waals surface area contributed by atoms with Gasteiger partial charge in [-0.05, 0) is 24.4 Å². The lowest BCUT2D eigenvalue weighted by atomic mass is 10.1. The maximum atomic E-state index is 11.7. The molecule has 2 saturated heterocycles. The van der Waals surface area contributed by atoms with E-state index in [1.165, 1.54) is 0 Å². The van der Waals surface area contributed by atoms with Gasteiger partial charge >= 0.3 is 0 Å². The number of halogens is 2. The van der Waals surface area contributed by atoms with Gasteiger partial charge in [-0.25, -0.2) is 8.42 Å². The largest absolute Gasteiger partial charge is 0.356 e. The molecular formula is C11H10Cl2N2O2S2. The van der Waals surface area contributed by atoms with E-state index in [1.807, 2.05) is 0 Å². The second-order valence-electron chi connectivity index (χ2n) is 4.64. The number of anilines is 1. The Balaban J connectivity index is 2.07. The van der Waals surface area contributed by atoms with Crippen LogP contribution in [0.1, 0.15) is 0 Å². The molecule has 0 spiro atoms. The van der Waals surface area contributed by atoms with E-state index in [-0.39, 0.29) is 23.6 Å². The standard InChI is InChI=1S/C11H10Cl2N2O2S2/c12-6-2-1-3-7(13)10(6)15-9-5-19(16,17)4-8(9)14-11(15)18/h1-3,8-9H,4-5H2,(H,14,18). The maximum Gasteiger partial charge on any atom is 0.174 e. The second-order valence-corrected chi connectivity index (χ2v) is 8.00. The molecular weight excluding hydrogens is 327 g/mol. The van der Waals surface area contributed by atoms with Crippen molar-refractivity contribution in [2.75, 3.05) is 16.4 Å². The Morgan fingerprint density at radius 1 is 1.26 bits per heavy atom. The van der Waals surface area contributed by atoms with Crippen molar-refractivity contribution >= 4 is 56.1 Å². The highest BCUT2D eigenvalue weighted by Crippen LogP contribution is 2.38. The third kappa shape index (κ3) is 2.20. The van der Waals surface area contributed by atoms with Gasteiger partial charge < -0.3 is 10.2 Å². The van der Waals surface area contributed by atoms with Gasteiger partial charge in [0, 0.05) is 0 Å². The van der Waals surface area contributed by atoms with E-state index in [0.717, 1.165) is 0 Å². The molecule has 1 N–H and O–H groups in total. The fraction of sp³-hybridized carbons (Fsp3) is 0.364. The van der Waals surface area contributed by atoms with Crippen molar-refractivity contribution in [3.63, 3.8) is 0 Å². The number of rotatable bonds is 1. The summed E-state index contributed by atoms with van der Waals surface area (Å²) in [6.07, 6.45) is 0. The molecule has 0 aromatic heterocycles. The number of hydrogen-bond donors (Lipinski definition) is 1. The Bertz CT molecular complexity index is 642. The average Bonchev–Trinajstić information content (AvgIpc) is 2.71. The molecule has 0 bridgehead atoms. The summed E-state index contributed by atoms with van der Waals surface area (Å²) >= 11 is 17.6. The summed E-state index contributed by atoms with van der Waals surface area (Å²) in [5.41, 5.74) is 0.577. The SMILES string of the molecule is O=S1(=O)CC2NC(=S)N(c3c(Cl)cccc3Cl)C2C1. The summed E-state index contributed by atoms with van der Waals surface area (Å²) in [6.45, 7) is 0. The highest BCUT2D eigenvalue weighted by Gasteiger charge is 2.48. The highest BCUT2D eigenvalue weighted by molar-refractivity contribution is 7.91. The molecule has 0 radical (unpaired) electrons. The van der Waals surface area contributed by atoms with E-state index in [4.69, 9.17) is 35.4 Å². The number of para-hydroxylation sites is 1. The Kier molecular flexibility index (Phi) is 3.16. The zero-order valence-electron chi connectivity index (χ0n) is 9.64. The zero-order valence-corrected chi connectivity index (χ0v) is 12.8. The number of hydrogen-bond acceptors (Lipinski definition) is 3. The van der Waals surface area contributed by atoms with Crippen LogP contribution in [0.4, 0.5) is 5.69 Å². The van der Waals surface area contributed by atoms with Gasteiger partial charge in [0.2, 0.25) is 0 Å². The first-order valence-electron chi connectivity index (χ1n) is 5.63. The first-order chi connectivity index (χ1) is 8.89. The van der Waals surface area contributed by atoms with Crippen LogP contribution in [-0.2, 0) is 9.84 Å². The normalized spacial score (nSPS) is 28.3. The summed E-state index contributed by atoms with van der Waals surface area (Å²) in [6, 6.07) is 4.73. The molecule has 1 aromatic carbocycles. The zero-order chi connectivity index (χ0) is 13.8. The van der Waals surface area contributed by atoms with E-state index in [1.54, 1.807) is 23.1 Å². The third-order valence-corrected chi connectivity index (χ3v) is 6.00. The van der Waals surface area contributed by atoms with Gasteiger partial charge in [0.1, 0.15) is 0 Å². The minimum absolute atomic E-state index is 0.0619. The van der Waals surface area contributed by atoms with Crippen molar-refractivity contribution in [1.82, 2.24) is 5.32 Å². The van der Waals surface area contributed by atoms with Crippen molar-refractivity contribution in [3.05, 3.63) is 28.2 Å². The fourth-order valence-corrected chi connectivity index (χ4v) is 5.43. The molecule has 0 aliphatic carbocycles. The summed E-state index contributed by atoms with van der Waals surface area (Å²) < 4.78 is 23.4. The van der Waals surface area contributed by atoms with E-state index >= 15 is 0 Å². The maximum absolute atomic E-state index is 11.7. The van der Waals surface area contributed by atoms with Gasteiger partial charge in [-0.2, -0.15) is 0 Å². The van der Waals surface area contributed by atoms with Crippen molar-refractivity contribution in [3.8, 4) is 0 Å². The minimum atomic E-state index is -3.05. The van der Waals surface area contributed by atoms with Gasteiger partial charge in [-0.15, -0.1) is 0 Å². The van der Waals surface area contributed by atoms with Gasteiger partial charge in [-0.3, -0.25) is 0 Å². The van der Waals surface area contributed by atoms with Crippen LogP contribution in [0.5, 0.6) is 0 Å². The van der Waals surface area contributed by atoms with Crippen LogP contribution < -0.4 is 10.2 Å². The number of sulfone groups is 1. The molecule has 2 atom stereocenters. The van der Waals surface area contributed by atoms with Crippen LogP contribution in [0.15, 0.2) is 18.2 Å². The van der Waals surface area contributed by atoms with E-state index in [0.29, 0.717) is 20.8 Å². The van der Waals surface area contributed by atoms with Crippen LogP contribution >= 0.6 is 35.4 Å². The van der Waals surface area contributed by atoms with Gasteiger partial charge in [-0.1, -0.05) is 29.3 Å². The van der Waals surface area contributed by atoms with Gasteiger partial charge in [0.15, 0.2) is 14.9 Å². The molecule has 3 rings (SSSR count). The van der Waals surface area contributed by atoms with Crippen LogP contribution in [0.2, 0.25) is 10.0 Å². The third-order valence-electron chi connectivity index (χ3n) is 3.36. The first-order valence-corrected chi connectivity index (χ1v) is 8.62. The van der Waals surface area contributed by atoms with E-state index in [2.05, 4.69) is 5.32 Å². The van der Waals surface area contributed by atoms with Crippen molar-refractivity contribution < 1.29 is 8.42 Å². The predicted molar refractivity (Wildman–Crippen MR) is 80.9 cm³/mol. The van der Waals surface area contributed by atoms with Crippen LogP contribution in [0.3, 0.4) is 0 Å². The predicted octanol–water partition coefficient (Wildman–Crippen LogP) is 1.85. The topological polar surface area (TPSA) is 49.4 Å². The van der Waals surface area contributed by atoms with Gasteiger partial charge in [0.25, 0.3) is 0 Å². The molecule has 2 aliphatic heterocycles. The van der Waals surface area contributed by atoms with E-state index < -0.39 is 9.84 Å². The van der Waals surface area contributed by atoms with Crippen LogP contribution in [0.25, 0.3) is 0 Å². The number of thiocarbonyl (C=S) groups is 1. The minimum Gasteiger partial charge on any atom is -0.356 e. The van der Waals surface area contributed by atoms with Crippen molar-refractivity contribution in [2.24, 2.45) is 0 Å². The number of benzene rings is 1. The van der Waals surface area contributed by atoms with Crippen LogP contribution in [-0.4, -0.2) is 37.1 Å². The first kappa shape index (κ1) is 13.4. The molecule has 4 nitrogen and oxygen atoms in total. The van der Waals surface area contributed by atoms with E-state index in [9.17, 15) is 8.42 Å². The summed E-state index contributed by atoms with van der Waals surface area (Å²) in [5, 5.41) is 4.43. The molecule has 8 heteroatoms. The molecule has 1 aromatic rings. The summed E-state index contributed by atoms with van der Waals surface area (Å²) in [7, 11) is -3.05. The molecule has 2 heterocycles. The molecule has 0 saturated carbocycles. The summed E-state index contributed by atoms with van der Waals surface area (Å²) in [5.74, 6) is 0.155.